The molecule has 0 aliphatic heterocycles. The molecule has 0 saturated carbocycles. The van der Waals surface area contributed by atoms with Crippen molar-refractivity contribution in [1.29, 1.82) is 10.5 Å². The zero-order valence-electron chi connectivity index (χ0n) is 17.0. The molecule has 4 rings (SSSR count). The van der Waals surface area contributed by atoms with Gasteiger partial charge >= 0.3 is 0 Å². The van der Waals surface area contributed by atoms with Crippen molar-refractivity contribution < 1.29 is 4.74 Å². The lowest BCUT2D eigenvalue weighted by Crippen LogP contribution is -1.98. The largest absolute Gasteiger partial charge is 0.372 e. The zero-order valence-corrected chi connectivity index (χ0v) is 17.0. The normalized spacial score (nSPS) is 10.3. The van der Waals surface area contributed by atoms with Gasteiger partial charge in [0.15, 0.2) is 0 Å². The highest BCUT2D eigenvalue weighted by Crippen LogP contribution is 2.27. The maximum absolute atomic E-state index is 9.21. The quantitative estimate of drug-likeness (QED) is 0.372. The average molecular weight is 400 g/mol. The molecule has 0 amide bonds. The van der Waals surface area contributed by atoms with Crippen molar-refractivity contribution in [3.63, 3.8) is 0 Å². The molecule has 0 aliphatic rings. The molecule has 4 aromatic carbocycles. The van der Waals surface area contributed by atoms with Crippen LogP contribution in [0.25, 0.3) is 22.3 Å². The molecular weight excluding hydrogens is 380 g/mol. The Hall–Kier alpha value is -4.18. The van der Waals surface area contributed by atoms with Crippen molar-refractivity contribution >= 4 is 0 Å². The van der Waals surface area contributed by atoms with Crippen molar-refractivity contribution in [2.45, 2.75) is 13.2 Å². The summed E-state index contributed by atoms with van der Waals surface area (Å²) in [7, 11) is 0. The van der Waals surface area contributed by atoms with Crippen LogP contribution in [-0.4, -0.2) is 0 Å². The molecular formula is C28H20N2O. The van der Waals surface area contributed by atoms with Gasteiger partial charge in [0.05, 0.1) is 36.5 Å². The smallest absolute Gasteiger partial charge is 0.0991 e. The van der Waals surface area contributed by atoms with Crippen molar-refractivity contribution in [2.24, 2.45) is 0 Å². The van der Waals surface area contributed by atoms with Crippen LogP contribution in [0.4, 0.5) is 0 Å². The van der Waals surface area contributed by atoms with E-state index >= 15 is 0 Å². The summed E-state index contributed by atoms with van der Waals surface area (Å²) in [6, 6.07) is 35.8. The van der Waals surface area contributed by atoms with E-state index in [1.165, 1.54) is 0 Å². The van der Waals surface area contributed by atoms with Gasteiger partial charge in [0.25, 0.3) is 0 Å². The van der Waals surface area contributed by atoms with Gasteiger partial charge in [0.1, 0.15) is 0 Å². The second kappa shape index (κ2) is 9.55. The summed E-state index contributed by atoms with van der Waals surface area (Å²) in [6.07, 6.45) is 0. The number of nitrogens with zero attached hydrogens (tertiary/aromatic N) is 2. The fourth-order valence-corrected chi connectivity index (χ4v) is 3.64. The molecule has 31 heavy (non-hydrogen) atoms. The minimum atomic E-state index is 0.458. The Morgan fingerprint density at radius 2 is 1.00 bits per heavy atom. The summed E-state index contributed by atoms with van der Waals surface area (Å²) in [4.78, 5) is 0. The van der Waals surface area contributed by atoms with Crippen LogP contribution in [-0.2, 0) is 18.0 Å². The van der Waals surface area contributed by atoms with E-state index in [0.717, 1.165) is 33.4 Å². The molecule has 0 bridgehead atoms. The van der Waals surface area contributed by atoms with Crippen LogP contribution in [0.1, 0.15) is 22.3 Å². The Labute approximate surface area is 182 Å². The summed E-state index contributed by atoms with van der Waals surface area (Å²) in [5, 5.41) is 18.4. The fraction of sp³-hybridized carbons (Fsp3) is 0.0714. The first-order chi connectivity index (χ1) is 15.3. The lowest BCUT2D eigenvalue weighted by atomic mass is 9.98. The number of hydrogen-bond acceptors (Lipinski definition) is 3. The Kier molecular flexibility index (Phi) is 6.19. The van der Waals surface area contributed by atoms with Gasteiger partial charge in [0, 0.05) is 0 Å². The molecule has 0 spiro atoms. The number of hydrogen-bond donors (Lipinski definition) is 0. The molecule has 0 fully saturated rings. The van der Waals surface area contributed by atoms with Crippen molar-refractivity contribution in [1.82, 2.24) is 0 Å². The van der Waals surface area contributed by atoms with Gasteiger partial charge in [-0.15, -0.1) is 0 Å². The predicted molar refractivity (Wildman–Crippen MR) is 122 cm³/mol. The molecule has 0 N–H and O–H groups in total. The van der Waals surface area contributed by atoms with E-state index < -0.39 is 0 Å². The van der Waals surface area contributed by atoms with Crippen molar-refractivity contribution in [3.05, 3.63) is 119 Å². The van der Waals surface area contributed by atoms with E-state index in [9.17, 15) is 10.5 Å². The molecule has 3 heteroatoms. The molecule has 0 aliphatic carbocycles. The van der Waals surface area contributed by atoms with Gasteiger partial charge in [-0.1, -0.05) is 72.8 Å². The van der Waals surface area contributed by atoms with E-state index in [4.69, 9.17) is 4.74 Å². The molecule has 0 radical (unpaired) electrons. The first-order valence-corrected chi connectivity index (χ1v) is 10.0. The maximum Gasteiger partial charge on any atom is 0.0991 e. The summed E-state index contributed by atoms with van der Waals surface area (Å²) < 4.78 is 6.11. The highest BCUT2D eigenvalue weighted by molar-refractivity contribution is 5.69. The monoisotopic (exact) mass is 400 g/mol. The van der Waals surface area contributed by atoms with Gasteiger partial charge in [-0.2, -0.15) is 10.5 Å². The minimum Gasteiger partial charge on any atom is -0.372 e. The van der Waals surface area contributed by atoms with E-state index in [1.807, 2.05) is 60.7 Å². The van der Waals surface area contributed by atoms with E-state index in [1.54, 1.807) is 12.1 Å². The highest BCUT2D eigenvalue weighted by atomic mass is 16.5. The third-order valence-electron chi connectivity index (χ3n) is 5.16. The van der Waals surface area contributed by atoms with Crippen molar-refractivity contribution in [3.8, 4) is 34.4 Å². The predicted octanol–water partition coefficient (Wildman–Crippen LogP) is 6.48. The van der Waals surface area contributed by atoms with Crippen LogP contribution < -0.4 is 0 Å². The Balaban J connectivity index is 1.54. The molecule has 0 saturated heterocycles. The summed E-state index contributed by atoms with van der Waals surface area (Å²) in [5.41, 5.74) is 7.56. The lowest BCUT2D eigenvalue weighted by Gasteiger charge is -2.13. The summed E-state index contributed by atoms with van der Waals surface area (Å²) in [6.45, 7) is 0.916. The fourth-order valence-electron chi connectivity index (χ4n) is 3.64. The molecule has 0 aromatic heterocycles. The van der Waals surface area contributed by atoms with Crippen LogP contribution in [0.5, 0.6) is 0 Å². The molecule has 0 unspecified atom stereocenters. The number of benzene rings is 4. The SMILES string of the molecule is N#Cc1cccc(-c2ccccc2COCc2ccccc2-c2cccc(C#N)c2)c1. The van der Waals surface area contributed by atoms with Gasteiger partial charge in [-0.25, -0.2) is 0 Å². The summed E-state index contributed by atoms with van der Waals surface area (Å²) >= 11 is 0. The van der Waals surface area contributed by atoms with Crippen molar-refractivity contribution in [2.75, 3.05) is 0 Å². The first-order valence-electron chi connectivity index (χ1n) is 10.0. The molecule has 0 atom stereocenters. The standard InChI is InChI=1S/C28H20N2O/c29-17-21-7-5-11-23(15-21)27-13-3-1-9-25(27)19-31-20-26-10-2-4-14-28(26)24-12-6-8-22(16-24)18-30/h1-16H,19-20H2. The van der Waals surface area contributed by atoms with Crippen LogP contribution in [0.15, 0.2) is 97.1 Å². The Bertz CT molecular complexity index is 1190. The number of nitriles is 2. The number of ether oxygens (including phenoxy) is 1. The van der Waals surface area contributed by atoms with Gasteiger partial charge < -0.3 is 4.74 Å². The van der Waals surface area contributed by atoms with Gasteiger partial charge in [0.2, 0.25) is 0 Å². The first kappa shape index (κ1) is 20.1. The topological polar surface area (TPSA) is 56.8 Å². The molecule has 3 nitrogen and oxygen atoms in total. The van der Waals surface area contributed by atoms with Crippen LogP contribution in [0, 0.1) is 22.7 Å². The van der Waals surface area contributed by atoms with E-state index in [2.05, 4.69) is 36.4 Å². The second-order valence-corrected chi connectivity index (χ2v) is 7.19. The highest BCUT2D eigenvalue weighted by Gasteiger charge is 2.09. The Morgan fingerprint density at radius 1 is 0.548 bits per heavy atom. The van der Waals surface area contributed by atoms with Gasteiger partial charge in [-0.05, 0) is 57.6 Å². The maximum atomic E-state index is 9.21. The van der Waals surface area contributed by atoms with Crippen LogP contribution >= 0.6 is 0 Å². The van der Waals surface area contributed by atoms with E-state index in [0.29, 0.717) is 24.3 Å². The Morgan fingerprint density at radius 3 is 1.45 bits per heavy atom. The lowest BCUT2D eigenvalue weighted by molar-refractivity contribution is 0.108. The van der Waals surface area contributed by atoms with Gasteiger partial charge in [-0.3, -0.25) is 0 Å². The zero-order chi connectivity index (χ0) is 21.5. The molecule has 148 valence electrons. The third-order valence-corrected chi connectivity index (χ3v) is 5.16. The molecule has 4 aromatic rings. The van der Waals surface area contributed by atoms with Crippen LogP contribution in [0.3, 0.4) is 0 Å². The van der Waals surface area contributed by atoms with E-state index in [-0.39, 0.29) is 0 Å². The average Bonchev–Trinajstić information content (AvgIpc) is 2.84. The third kappa shape index (κ3) is 4.70. The van der Waals surface area contributed by atoms with Crippen LogP contribution in [0.2, 0.25) is 0 Å². The minimum absolute atomic E-state index is 0.458. The summed E-state index contributed by atoms with van der Waals surface area (Å²) in [5.74, 6) is 0. The second-order valence-electron chi connectivity index (χ2n) is 7.19. The molecule has 0 heterocycles. The number of rotatable bonds is 6.